The summed E-state index contributed by atoms with van der Waals surface area (Å²) in [5.41, 5.74) is 0.716. The maximum Gasteiger partial charge on any atom is 0.305 e. The molecule has 0 spiro atoms. The Morgan fingerprint density at radius 1 is 1.10 bits per heavy atom. The van der Waals surface area contributed by atoms with Gasteiger partial charge in [0.25, 0.3) is 0 Å². The Kier molecular flexibility index (Phi) is 8.99. The van der Waals surface area contributed by atoms with E-state index in [0.717, 1.165) is 31.0 Å². The number of esters is 1. The van der Waals surface area contributed by atoms with E-state index in [1.165, 1.54) is 7.11 Å². The van der Waals surface area contributed by atoms with Gasteiger partial charge in [0.1, 0.15) is 0 Å². The Hall–Kier alpha value is -1.16. The van der Waals surface area contributed by atoms with Crippen molar-refractivity contribution in [2.45, 2.75) is 38.5 Å². The van der Waals surface area contributed by atoms with E-state index in [9.17, 15) is 9.59 Å². The zero-order chi connectivity index (χ0) is 15.5. The number of unbranched alkanes of at least 4 members (excludes halogenated alkanes) is 2. The molecule has 0 saturated heterocycles. The van der Waals surface area contributed by atoms with Gasteiger partial charge in [-0.25, -0.2) is 0 Å². The van der Waals surface area contributed by atoms with E-state index in [4.69, 9.17) is 4.74 Å². The molecule has 1 atom stereocenters. The fraction of sp³-hybridized carbons (Fsp3) is 0.529. The molecule has 0 fully saturated rings. The van der Waals surface area contributed by atoms with Crippen molar-refractivity contribution < 1.29 is 14.3 Å². The molecule has 0 bridgehead atoms. The van der Waals surface area contributed by atoms with Crippen LogP contribution in [0.3, 0.4) is 0 Å². The van der Waals surface area contributed by atoms with Crippen molar-refractivity contribution >= 4 is 27.7 Å². The van der Waals surface area contributed by atoms with Gasteiger partial charge in [-0.2, -0.15) is 0 Å². The highest BCUT2D eigenvalue weighted by molar-refractivity contribution is 9.09. The van der Waals surface area contributed by atoms with Crippen molar-refractivity contribution in [2.75, 3.05) is 12.4 Å². The van der Waals surface area contributed by atoms with Crippen LogP contribution in [0.15, 0.2) is 30.3 Å². The highest BCUT2D eigenvalue weighted by atomic mass is 79.9. The number of methoxy groups -OCH3 is 1. The summed E-state index contributed by atoms with van der Waals surface area (Å²) in [6.07, 6.45) is 4.90. The number of alkyl halides is 1. The lowest BCUT2D eigenvalue weighted by Gasteiger charge is -2.15. The van der Waals surface area contributed by atoms with Gasteiger partial charge < -0.3 is 4.74 Å². The molecule has 4 heteroatoms. The Morgan fingerprint density at radius 2 is 1.81 bits per heavy atom. The molecule has 0 aromatic heterocycles. The second-order valence-corrected chi connectivity index (χ2v) is 5.97. The molecular formula is C17H23BrO3. The van der Waals surface area contributed by atoms with Crippen LogP contribution in [0, 0.1) is 5.92 Å². The lowest BCUT2D eigenvalue weighted by atomic mass is 9.90. The van der Waals surface area contributed by atoms with E-state index in [1.54, 1.807) is 0 Å². The normalized spacial score (nSPS) is 11.9. The van der Waals surface area contributed by atoms with Crippen LogP contribution in [-0.4, -0.2) is 24.2 Å². The van der Waals surface area contributed by atoms with E-state index >= 15 is 0 Å². The highest BCUT2D eigenvalue weighted by Gasteiger charge is 2.18. The van der Waals surface area contributed by atoms with Gasteiger partial charge in [0.05, 0.1) is 7.11 Å². The van der Waals surface area contributed by atoms with Gasteiger partial charge in [-0.1, -0.05) is 59.1 Å². The SMILES string of the molecule is COC(=O)C[C@H](CCCCCBr)CC(=O)c1ccccc1. The van der Waals surface area contributed by atoms with Crippen molar-refractivity contribution in [3.05, 3.63) is 35.9 Å². The van der Waals surface area contributed by atoms with Crippen LogP contribution < -0.4 is 0 Å². The van der Waals surface area contributed by atoms with E-state index < -0.39 is 0 Å². The van der Waals surface area contributed by atoms with E-state index in [-0.39, 0.29) is 17.7 Å². The zero-order valence-electron chi connectivity index (χ0n) is 12.5. The number of Topliss-reactive ketones (excluding diaryl/α,β-unsaturated/α-hetero) is 1. The predicted octanol–water partition coefficient (Wildman–Crippen LogP) is 4.39. The van der Waals surface area contributed by atoms with Crippen LogP contribution in [-0.2, 0) is 9.53 Å². The van der Waals surface area contributed by atoms with Gasteiger partial charge >= 0.3 is 5.97 Å². The van der Waals surface area contributed by atoms with Crippen molar-refractivity contribution in [1.82, 2.24) is 0 Å². The summed E-state index contributed by atoms with van der Waals surface area (Å²) in [6.45, 7) is 0. The smallest absolute Gasteiger partial charge is 0.305 e. The van der Waals surface area contributed by atoms with Crippen LogP contribution in [0.25, 0.3) is 0 Å². The largest absolute Gasteiger partial charge is 0.469 e. The van der Waals surface area contributed by atoms with Gasteiger partial charge in [-0.05, 0) is 18.8 Å². The minimum atomic E-state index is -0.235. The van der Waals surface area contributed by atoms with Crippen LogP contribution in [0.2, 0.25) is 0 Å². The lowest BCUT2D eigenvalue weighted by molar-refractivity contribution is -0.141. The number of hydrogen-bond acceptors (Lipinski definition) is 3. The molecule has 0 aliphatic rings. The van der Waals surface area contributed by atoms with E-state index in [1.807, 2.05) is 30.3 Å². The molecule has 0 heterocycles. The van der Waals surface area contributed by atoms with Crippen LogP contribution in [0.4, 0.5) is 0 Å². The highest BCUT2D eigenvalue weighted by Crippen LogP contribution is 2.21. The summed E-state index contributed by atoms with van der Waals surface area (Å²) in [7, 11) is 1.39. The number of ether oxygens (including phenoxy) is 1. The van der Waals surface area contributed by atoms with Crippen molar-refractivity contribution in [3.63, 3.8) is 0 Å². The number of rotatable bonds is 10. The first-order chi connectivity index (χ1) is 10.2. The van der Waals surface area contributed by atoms with Crippen molar-refractivity contribution in [2.24, 2.45) is 5.92 Å². The summed E-state index contributed by atoms with van der Waals surface area (Å²) < 4.78 is 4.74. The number of carbonyl (C=O) groups is 2. The van der Waals surface area contributed by atoms with Crippen molar-refractivity contribution in [1.29, 1.82) is 0 Å². The Morgan fingerprint density at radius 3 is 2.43 bits per heavy atom. The molecule has 3 nitrogen and oxygen atoms in total. The number of halogens is 1. The first-order valence-electron chi connectivity index (χ1n) is 7.38. The quantitative estimate of drug-likeness (QED) is 0.271. The second-order valence-electron chi connectivity index (χ2n) is 5.18. The number of benzene rings is 1. The Bertz CT molecular complexity index is 431. The molecule has 0 saturated carbocycles. The van der Waals surface area contributed by atoms with Crippen molar-refractivity contribution in [3.8, 4) is 0 Å². The Balaban J connectivity index is 2.54. The second kappa shape index (κ2) is 10.6. The third kappa shape index (κ3) is 7.42. The first-order valence-corrected chi connectivity index (χ1v) is 8.50. The summed E-state index contributed by atoms with van der Waals surface area (Å²) in [5, 5.41) is 0.998. The average Bonchev–Trinajstić information content (AvgIpc) is 2.52. The maximum absolute atomic E-state index is 12.3. The summed E-state index contributed by atoms with van der Waals surface area (Å²) >= 11 is 3.41. The number of ketones is 1. The van der Waals surface area contributed by atoms with E-state index in [2.05, 4.69) is 15.9 Å². The minimum Gasteiger partial charge on any atom is -0.469 e. The molecule has 0 aliphatic heterocycles. The third-order valence-electron chi connectivity index (χ3n) is 3.50. The summed E-state index contributed by atoms with van der Waals surface area (Å²) in [4.78, 5) is 23.7. The van der Waals surface area contributed by atoms with Crippen LogP contribution in [0.5, 0.6) is 0 Å². The third-order valence-corrected chi connectivity index (χ3v) is 4.06. The monoisotopic (exact) mass is 354 g/mol. The predicted molar refractivity (Wildman–Crippen MR) is 87.8 cm³/mol. The lowest BCUT2D eigenvalue weighted by Crippen LogP contribution is -2.14. The molecule has 0 aliphatic carbocycles. The summed E-state index contributed by atoms with van der Waals surface area (Å²) in [6, 6.07) is 9.25. The number of carbonyl (C=O) groups excluding carboxylic acids is 2. The first kappa shape index (κ1) is 17.9. The molecule has 21 heavy (non-hydrogen) atoms. The minimum absolute atomic E-state index is 0.0699. The van der Waals surface area contributed by atoms with Crippen LogP contribution in [0.1, 0.15) is 48.9 Å². The molecule has 0 radical (unpaired) electrons. The molecular weight excluding hydrogens is 332 g/mol. The van der Waals surface area contributed by atoms with Gasteiger partial charge in [0.15, 0.2) is 5.78 Å². The molecule has 1 aromatic rings. The average molecular weight is 355 g/mol. The van der Waals surface area contributed by atoms with Gasteiger partial charge in [-0.15, -0.1) is 0 Å². The summed E-state index contributed by atoms with van der Waals surface area (Å²) in [5.74, 6) is -0.0631. The molecule has 116 valence electrons. The Labute approximate surface area is 135 Å². The van der Waals surface area contributed by atoms with Crippen LogP contribution >= 0.6 is 15.9 Å². The molecule has 0 N–H and O–H groups in total. The molecule has 0 amide bonds. The molecule has 0 unspecified atom stereocenters. The van der Waals surface area contributed by atoms with Gasteiger partial charge in [0, 0.05) is 23.7 Å². The fourth-order valence-corrected chi connectivity index (χ4v) is 2.70. The molecule has 1 aromatic carbocycles. The maximum atomic E-state index is 12.3. The zero-order valence-corrected chi connectivity index (χ0v) is 14.1. The molecule has 1 rings (SSSR count). The standard InChI is InChI=1S/C17H23BrO3/c1-21-17(20)13-14(8-4-3-7-11-18)12-16(19)15-9-5-2-6-10-15/h2,5-6,9-10,14H,3-4,7-8,11-13H2,1H3/t14-/m1/s1. The van der Waals surface area contributed by atoms with Gasteiger partial charge in [0.2, 0.25) is 0 Å². The van der Waals surface area contributed by atoms with E-state index in [0.29, 0.717) is 18.4 Å². The number of hydrogen-bond donors (Lipinski definition) is 0. The van der Waals surface area contributed by atoms with Gasteiger partial charge in [-0.3, -0.25) is 9.59 Å². The fourth-order valence-electron chi connectivity index (χ4n) is 2.30. The topological polar surface area (TPSA) is 43.4 Å².